The number of carbonyl (C=O) groups excluding carboxylic acids is 2. The highest BCUT2D eigenvalue weighted by Crippen LogP contribution is 2.21. The molecule has 0 saturated heterocycles. The molecule has 2 aromatic carbocycles. The lowest BCUT2D eigenvalue weighted by molar-refractivity contribution is -0.131. The molecule has 2 amide bonds. The van der Waals surface area contributed by atoms with Crippen LogP contribution in [-0.2, 0) is 19.6 Å². The van der Waals surface area contributed by atoms with E-state index in [-0.39, 0.29) is 12.6 Å². The zero-order valence-electron chi connectivity index (χ0n) is 16.9. The van der Waals surface area contributed by atoms with E-state index in [9.17, 15) is 18.0 Å². The van der Waals surface area contributed by atoms with Crippen molar-refractivity contribution in [3.8, 4) is 5.75 Å². The van der Waals surface area contributed by atoms with Gasteiger partial charge in [-0.15, -0.1) is 0 Å². The van der Waals surface area contributed by atoms with Gasteiger partial charge in [-0.25, -0.2) is 8.42 Å². The van der Waals surface area contributed by atoms with Gasteiger partial charge in [0.25, 0.3) is 0 Å². The maximum atomic E-state index is 12.3. The molecule has 0 aliphatic carbocycles. The number of hydrogen-bond acceptors (Lipinski definition) is 5. The van der Waals surface area contributed by atoms with E-state index in [0.717, 1.165) is 4.90 Å². The number of carbonyl (C=O) groups is 2. The summed E-state index contributed by atoms with van der Waals surface area (Å²) >= 11 is 3.32. The van der Waals surface area contributed by atoms with Crippen molar-refractivity contribution in [3.05, 3.63) is 53.0 Å². The Bertz CT molecular complexity index is 994. The minimum Gasteiger partial charge on any atom is -0.491 e. The van der Waals surface area contributed by atoms with Gasteiger partial charge in [0.1, 0.15) is 11.5 Å². The number of para-hydroxylation sites is 1. The van der Waals surface area contributed by atoms with Crippen molar-refractivity contribution in [1.29, 1.82) is 0 Å². The van der Waals surface area contributed by atoms with Crippen LogP contribution >= 0.6 is 15.9 Å². The van der Waals surface area contributed by atoms with Crippen molar-refractivity contribution < 1.29 is 22.7 Å². The normalized spacial score (nSPS) is 11.1. The summed E-state index contributed by atoms with van der Waals surface area (Å²) in [4.78, 5) is 25.5. The molecule has 0 aromatic heterocycles. The number of hydrogen-bond donors (Lipinski definition) is 2. The highest BCUT2D eigenvalue weighted by atomic mass is 79.9. The van der Waals surface area contributed by atoms with Gasteiger partial charge in [0.05, 0.1) is 18.3 Å². The Morgan fingerprint density at radius 1 is 1.10 bits per heavy atom. The van der Waals surface area contributed by atoms with E-state index >= 15 is 0 Å². The first-order valence-electron chi connectivity index (χ1n) is 9.11. The van der Waals surface area contributed by atoms with Crippen molar-refractivity contribution in [1.82, 2.24) is 4.90 Å². The number of amides is 2. The second-order valence-electron chi connectivity index (χ2n) is 6.83. The lowest BCUT2D eigenvalue weighted by Crippen LogP contribution is -2.39. The Morgan fingerprint density at radius 3 is 2.33 bits per heavy atom. The number of rotatable bonds is 9. The van der Waals surface area contributed by atoms with Gasteiger partial charge in [-0.3, -0.25) is 14.3 Å². The van der Waals surface area contributed by atoms with Crippen LogP contribution in [0.3, 0.4) is 0 Å². The molecule has 0 unspecified atom stereocenters. The van der Waals surface area contributed by atoms with Crippen LogP contribution < -0.4 is 14.8 Å². The van der Waals surface area contributed by atoms with Gasteiger partial charge in [0, 0.05) is 17.2 Å². The fourth-order valence-electron chi connectivity index (χ4n) is 2.42. The molecule has 0 aliphatic rings. The van der Waals surface area contributed by atoms with Crippen LogP contribution in [0, 0.1) is 0 Å². The predicted octanol–water partition coefficient (Wildman–Crippen LogP) is 3.08. The quantitative estimate of drug-likeness (QED) is 0.553. The average molecular weight is 498 g/mol. The molecule has 162 valence electrons. The second-order valence-corrected chi connectivity index (χ2v) is 9.41. The number of likely N-dealkylation sites (N-methyl/N-ethyl adjacent to an activating group) is 1. The van der Waals surface area contributed by atoms with E-state index in [1.54, 1.807) is 48.5 Å². The molecule has 2 aromatic rings. The van der Waals surface area contributed by atoms with Crippen molar-refractivity contribution in [2.75, 3.05) is 29.4 Å². The molecule has 0 atom stereocenters. The molecule has 0 fully saturated rings. The molecule has 8 nitrogen and oxygen atoms in total. The van der Waals surface area contributed by atoms with Gasteiger partial charge in [-0.1, -0.05) is 12.1 Å². The lowest BCUT2D eigenvalue weighted by atomic mass is 10.3. The summed E-state index contributed by atoms with van der Waals surface area (Å²) < 4.78 is 33.2. The Hall–Kier alpha value is -2.59. The standard InChI is InChI=1S/C20H24BrN3O5S/c1-14(2)29-16-10-8-15(9-11-16)23-30(27,28)13-20(26)24(3)12-19(25)22-18-7-5-4-6-17(18)21/h4-11,14,23H,12-13H2,1-3H3,(H,22,25). The maximum absolute atomic E-state index is 12.3. The third-order valence-electron chi connectivity index (χ3n) is 3.77. The smallest absolute Gasteiger partial charge is 0.244 e. The van der Waals surface area contributed by atoms with E-state index < -0.39 is 27.6 Å². The summed E-state index contributed by atoms with van der Waals surface area (Å²) in [5, 5.41) is 2.66. The first kappa shape index (κ1) is 23.7. The van der Waals surface area contributed by atoms with Crippen molar-refractivity contribution >= 4 is 49.1 Å². The largest absolute Gasteiger partial charge is 0.491 e. The molecule has 30 heavy (non-hydrogen) atoms. The van der Waals surface area contributed by atoms with Crippen LogP contribution in [0.1, 0.15) is 13.8 Å². The summed E-state index contributed by atoms with van der Waals surface area (Å²) in [5.74, 6) is -1.32. The first-order valence-corrected chi connectivity index (χ1v) is 11.6. The van der Waals surface area contributed by atoms with Gasteiger partial charge in [-0.05, 0) is 66.2 Å². The summed E-state index contributed by atoms with van der Waals surface area (Å²) in [7, 11) is -2.57. The second kappa shape index (κ2) is 10.4. The van der Waals surface area contributed by atoms with E-state index in [1.165, 1.54) is 7.05 Å². The van der Waals surface area contributed by atoms with Crippen LogP contribution in [0.25, 0.3) is 0 Å². The van der Waals surface area contributed by atoms with Crippen molar-refractivity contribution in [2.24, 2.45) is 0 Å². The first-order chi connectivity index (χ1) is 14.1. The fraction of sp³-hybridized carbons (Fsp3) is 0.300. The van der Waals surface area contributed by atoms with Gasteiger partial charge < -0.3 is 15.0 Å². The Labute approximate surface area is 184 Å². The lowest BCUT2D eigenvalue weighted by Gasteiger charge is -2.17. The molecule has 0 radical (unpaired) electrons. The maximum Gasteiger partial charge on any atom is 0.244 e. The van der Waals surface area contributed by atoms with Crippen LogP contribution in [0.5, 0.6) is 5.75 Å². The summed E-state index contributed by atoms with van der Waals surface area (Å²) in [6.07, 6.45) is 0.000837. The number of sulfonamides is 1. The summed E-state index contributed by atoms with van der Waals surface area (Å²) in [6.45, 7) is 3.49. The minimum absolute atomic E-state index is 0.000837. The Morgan fingerprint density at radius 2 is 1.73 bits per heavy atom. The molecule has 10 heteroatoms. The van der Waals surface area contributed by atoms with E-state index in [1.807, 2.05) is 13.8 Å². The SMILES string of the molecule is CC(C)Oc1ccc(NS(=O)(=O)CC(=O)N(C)CC(=O)Nc2ccccc2Br)cc1. The van der Waals surface area contributed by atoms with Crippen LogP contribution in [0.15, 0.2) is 53.0 Å². The zero-order valence-corrected chi connectivity index (χ0v) is 19.3. The third-order valence-corrected chi connectivity index (χ3v) is 5.63. The third kappa shape index (κ3) is 7.68. The highest BCUT2D eigenvalue weighted by Gasteiger charge is 2.21. The molecular formula is C20H24BrN3O5S. The van der Waals surface area contributed by atoms with Crippen molar-refractivity contribution in [3.63, 3.8) is 0 Å². The summed E-state index contributed by atoms with van der Waals surface area (Å²) in [6, 6.07) is 13.4. The molecule has 2 N–H and O–H groups in total. The highest BCUT2D eigenvalue weighted by molar-refractivity contribution is 9.10. The number of halogens is 1. The molecule has 2 rings (SSSR count). The van der Waals surface area contributed by atoms with Crippen molar-refractivity contribution in [2.45, 2.75) is 20.0 Å². The number of nitrogens with zero attached hydrogens (tertiary/aromatic N) is 1. The fourth-order valence-corrected chi connectivity index (χ4v) is 3.91. The molecular weight excluding hydrogens is 474 g/mol. The molecule has 0 aliphatic heterocycles. The molecule has 0 spiro atoms. The van der Waals surface area contributed by atoms with E-state index in [0.29, 0.717) is 21.6 Å². The van der Waals surface area contributed by atoms with Crippen LogP contribution in [-0.4, -0.2) is 50.6 Å². The van der Waals surface area contributed by atoms with E-state index in [4.69, 9.17) is 4.74 Å². The zero-order chi connectivity index (χ0) is 22.3. The predicted molar refractivity (Wildman–Crippen MR) is 120 cm³/mol. The van der Waals surface area contributed by atoms with Crippen LogP contribution in [0.2, 0.25) is 0 Å². The Balaban J connectivity index is 1.90. The summed E-state index contributed by atoms with van der Waals surface area (Å²) in [5.41, 5.74) is 0.871. The molecule has 0 bridgehead atoms. The monoisotopic (exact) mass is 497 g/mol. The number of anilines is 2. The topological polar surface area (TPSA) is 105 Å². The number of nitrogens with one attached hydrogen (secondary N) is 2. The van der Waals surface area contributed by atoms with Gasteiger partial charge in [-0.2, -0.15) is 0 Å². The molecule has 0 heterocycles. The van der Waals surface area contributed by atoms with E-state index in [2.05, 4.69) is 26.0 Å². The van der Waals surface area contributed by atoms with Gasteiger partial charge >= 0.3 is 0 Å². The average Bonchev–Trinajstić information content (AvgIpc) is 2.64. The number of benzene rings is 2. The van der Waals surface area contributed by atoms with Gasteiger partial charge in [0.2, 0.25) is 21.8 Å². The minimum atomic E-state index is -3.94. The number of ether oxygens (including phenoxy) is 1. The van der Waals surface area contributed by atoms with Gasteiger partial charge in [0.15, 0.2) is 0 Å². The molecule has 0 saturated carbocycles. The van der Waals surface area contributed by atoms with Crippen LogP contribution in [0.4, 0.5) is 11.4 Å². The Kier molecular flexibility index (Phi) is 8.24.